The summed E-state index contributed by atoms with van der Waals surface area (Å²) in [6.45, 7) is 3.14. The number of urea groups is 1. The van der Waals surface area contributed by atoms with E-state index in [1.54, 1.807) is 7.11 Å². The Bertz CT molecular complexity index is 1420. The molecule has 2 aromatic heterocycles. The van der Waals surface area contributed by atoms with Crippen LogP contribution in [-0.4, -0.2) is 29.2 Å². The van der Waals surface area contributed by atoms with E-state index in [0.29, 0.717) is 24.6 Å². The van der Waals surface area contributed by atoms with Gasteiger partial charge in [-0.05, 0) is 80.1 Å². The lowest BCUT2D eigenvalue weighted by Crippen LogP contribution is -2.38. The summed E-state index contributed by atoms with van der Waals surface area (Å²) in [6, 6.07) is 19.5. The van der Waals surface area contributed by atoms with Crippen LogP contribution in [0.25, 0.3) is 5.00 Å². The molecule has 4 aromatic rings. The summed E-state index contributed by atoms with van der Waals surface area (Å²) in [7, 11) is 1.62. The molecule has 3 heterocycles. The zero-order chi connectivity index (χ0) is 25.4. The third-order valence-electron chi connectivity index (χ3n) is 7.30. The van der Waals surface area contributed by atoms with Gasteiger partial charge in [0.2, 0.25) is 0 Å². The highest BCUT2D eigenvalue weighted by molar-refractivity contribution is 7.15. The molecule has 0 spiro atoms. The first-order valence-corrected chi connectivity index (χ1v) is 13.7. The molecule has 6 nitrogen and oxygen atoms in total. The average molecular weight is 514 g/mol. The minimum atomic E-state index is -0.265. The first-order valence-electron chi connectivity index (χ1n) is 12.9. The third-order valence-corrected chi connectivity index (χ3v) is 8.63. The molecule has 1 atom stereocenters. The molecule has 0 fully saturated rings. The van der Waals surface area contributed by atoms with E-state index >= 15 is 0 Å². The monoisotopic (exact) mass is 513 g/mol. The van der Waals surface area contributed by atoms with Gasteiger partial charge in [0, 0.05) is 16.6 Å². The second-order valence-electron chi connectivity index (χ2n) is 9.46. The largest absolute Gasteiger partial charge is 0.495 e. The van der Waals surface area contributed by atoms with Crippen molar-refractivity contribution in [2.45, 2.75) is 45.2 Å². The van der Waals surface area contributed by atoms with Gasteiger partial charge in [0.15, 0.2) is 0 Å². The summed E-state index contributed by atoms with van der Waals surface area (Å²) in [5, 5.41) is 4.39. The number of ether oxygens (including phenoxy) is 2. The number of aromatic nitrogens is 1. The van der Waals surface area contributed by atoms with Crippen LogP contribution in [0.15, 0.2) is 66.9 Å². The van der Waals surface area contributed by atoms with Crippen LogP contribution in [0.2, 0.25) is 0 Å². The lowest BCUT2D eigenvalue weighted by atomic mass is 9.95. The highest BCUT2D eigenvalue weighted by atomic mass is 32.1. The first-order chi connectivity index (χ1) is 18.2. The van der Waals surface area contributed by atoms with Crippen LogP contribution in [0.3, 0.4) is 0 Å². The topological polar surface area (TPSA) is 55.7 Å². The van der Waals surface area contributed by atoms with E-state index in [9.17, 15) is 4.79 Å². The molecular weight excluding hydrogens is 482 g/mol. The molecule has 2 aromatic carbocycles. The number of methoxy groups -OCH3 is 1. The van der Waals surface area contributed by atoms with Crippen LogP contribution < -0.4 is 14.8 Å². The quantitative estimate of drug-likeness (QED) is 0.314. The van der Waals surface area contributed by atoms with Crippen LogP contribution in [0.4, 0.5) is 10.5 Å². The van der Waals surface area contributed by atoms with E-state index in [2.05, 4.69) is 40.3 Å². The predicted molar refractivity (Wildman–Crippen MR) is 147 cm³/mol. The fourth-order valence-electron chi connectivity index (χ4n) is 5.59. The normalized spacial score (nSPS) is 16.3. The maximum absolute atomic E-state index is 14.1. The zero-order valence-corrected chi connectivity index (χ0v) is 22.0. The van der Waals surface area contributed by atoms with Crippen LogP contribution >= 0.6 is 11.3 Å². The number of rotatable bonds is 5. The van der Waals surface area contributed by atoms with Crippen molar-refractivity contribution >= 4 is 23.1 Å². The second kappa shape index (κ2) is 9.98. The van der Waals surface area contributed by atoms with Crippen molar-refractivity contribution in [2.75, 3.05) is 19.0 Å². The number of anilines is 1. The van der Waals surface area contributed by atoms with E-state index in [1.807, 2.05) is 59.6 Å². The molecule has 7 heteroatoms. The number of benzene rings is 2. The van der Waals surface area contributed by atoms with Crippen molar-refractivity contribution < 1.29 is 14.3 Å². The number of hydrogen-bond acceptors (Lipinski definition) is 4. The zero-order valence-electron chi connectivity index (χ0n) is 21.2. The number of thiophene rings is 1. The van der Waals surface area contributed by atoms with Crippen LogP contribution in [0, 0.1) is 0 Å². The van der Waals surface area contributed by atoms with Gasteiger partial charge in [-0.3, -0.25) is 0 Å². The number of nitrogens with one attached hydrogen (secondary N) is 1. The molecule has 0 saturated carbocycles. The Morgan fingerprint density at radius 1 is 1.03 bits per heavy atom. The summed E-state index contributed by atoms with van der Waals surface area (Å²) in [4.78, 5) is 17.5. The van der Waals surface area contributed by atoms with Crippen molar-refractivity contribution in [1.29, 1.82) is 0 Å². The number of aryl methyl sites for hydroxylation is 1. The van der Waals surface area contributed by atoms with Gasteiger partial charge >= 0.3 is 6.03 Å². The molecule has 190 valence electrons. The minimum Gasteiger partial charge on any atom is -0.495 e. The van der Waals surface area contributed by atoms with Crippen molar-refractivity contribution in [3.63, 3.8) is 0 Å². The molecule has 1 aliphatic heterocycles. The van der Waals surface area contributed by atoms with Gasteiger partial charge in [-0.25, -0.2) is 4.79 Å². The Morgan fingerprint density at radius 2 is 1.84 bits per heavy atom. The fraction of sp³-hybridized carbons (Fsp3) is 0.300. The summed E-state index contributed by atoms with van der Waals surface area (Å²) in [5.74, 6) is 1.47. The summed E-state index contributed by atoms with van der Waals surface area (Å²) >= 11 is 1.89. The summed E-state index contributed by atoms with van der Waals surface area (Å²) in [6.07, 6.45) is 6.77. The van der Waals surface area contributed by atoms with Crippen molar-refractivity contribution in [3.05, 3.63) is 94.1 Å². The van der Waals surface area contributed by atoms with Gasteiger partial charge in [-0.1, -0.05) is 24.3 Å². The van der Waals surface area contributed by atoms with Crippen LogP contribution in [-0.2, 0) is 19.4 Å². The standard InChI is InChI=1S/C30H31N3O3S/c1-3-36-21-16-14-20(15-17-21)28-25-11-8-18-32(25)29-23(22-9-4-7-13-27(22)37-29)19-33(28)30(34)31-24-10-5-6-12-26(24)35-2/h5-6,8,10-12,14-18,28H,3-4,7,9,13,19H2,1-2H3,(H,31,34)/t28-/m0/s1. The third kappa shape index (κ3) is 4.27. The summed E-state index contributed by atoms with van der Waals surface area (Å²) < 4.78 is 13.5. The molecule has 0 unspecified atom stereocenters. The van der Waals surface area contributed by atoms with E-state index < -0.39 is 0 Å². The number of carbonyl (C=O) groups is 1. The van der Waals surface area contributed by atoms with Gasteiger partial charge < -0.3 is 24.3 Å². The van der Waals surface area contributed by atoms with Crippen LogP contribution in [0.5, 0.6) is 11.5 Å². The Kier molecular flexibility index (Phi) is 6.38. The van der Waals surface area contributed by atoms with Gasteiger partial charge in [-0.2, -0.15) is 0 Å². The molecule has 0 bridgehead atoms. The Morgan fingerprint density at radius 3 is 2.65 bits per heavy atom. The molecule has 6 rings (SSSR count). The SMILES string of the molecule is CCOc1ccc([C@H]2c3cccn3-c3sc4c(c3CN2C(=O)Nc2ccccc2OC)CCCC4)cc1. The average Bonchev–Trinajstić information content (AvgIpc) is 3.52. The first kappa shape index (κ1) is 23.7. The number of carbonyl (C=O) groups excluding carboxylic acids is 1. The van der Waals surface area contributed by atoms with Gasteiger partial charge in [0.25, 0.3) is 0 Å². The van der Waals surface area contributed by atoms with Crippen LogP contribution in [0.1, 0.15) is 53.1 Å². The van der Waals surface area contributed by atoms with Gasteiger partial charge in [0.05, 0.1) is 37.7 Å². The second-order valence-corrected chi connectivity index (χ2v) is 10.5. The number of nitrogens with zero attached hydrogens (tertiary/aromatic N) is 2. The smallest absolute Gasteiger partial charge is 0.323 e. The molecular formula is C30H31N3O3S. The molecule has 2 aliphatic rings. The van der Waals surface area contributed by atoms with Gasteiger partial charge in [0.1, 0.15) is 16.5 Å². The maximum Gasteiger partial charge on any atom is 0.323 e. The minimum absolute atomic E-state index is 0.153. The Labute approximate surface area is 221 Å². The van der Waals surface area contributed by atoms with E-state index in [-0.39, 0.29) is 12.1 Å². The van der Waals surface area contributed by atoms with Crippen molar-refractivity contribution in [2.24, 2.45) is 0 Å². The fourth-order valence-corrected chi connectivity index (χ4v) is 6.99. The predicted octanol–water partition coefficient (Wildman–Crippen LogP) is 6.96. The summed E-state index contributed by atoms with van der Waals surface area (Å²) in [5.41, 5.74) is 5.50. The van der Waals surface area contributed by atoms with E-state index in [4.69, 9.17) is 9.47 Å². The molecule has 1 aliphatic carbocycles. The number of hydrogen-bond donors (Lipinski definition) is 1. The number of para-hydroxylation sites is 2. The maximum atomic E-state index is 14.1. The Balaban J connectivity index is 1.47. The Hall–Kier alpha value is -3.71. The van der Waals surface area contributed by atoms with Crippen molar-refractivity contribution in [3.8, 4) is 16.5 Å². The van der Waals surface area contributed by atoms with E-state index in [1.165, 1.54) is 33.8 Å². The number of fused-ring (bicyclic) bond motifs is 5. The lowest BCUT2D eigenvalue weighted by molar-refractivity contribution is 0.194. The lowest BCUT2D eigenvalue weighted by Gasteiger charge is -2.31. The van der Waals surface area contributed by atoms with E-state index in [0.717, 1.165) is 29.8 Å². The van der Waals surface area contributed by atoms with Crippen molar-refractivity contribution in [1.82, 2.24) is 9.47 Å². The molecule has 1 N–H and O–H groups in total. The molecule has 0 saturated heterocycles. The highest BCUT2D eigenvalue weighted by Crippen LogP contribution is 2.44. The van der Waals surface area contributed by atoms with Gasteiger partial charge in [-0.15, -0.1) is 11.3 Å². The molecule has 0 radical (unpaired) electrons. The molecule has 2 amide bonds. The number of amides is 2. The molecule has 37 heavy (non-hydrogen) atoms. The highest BCUT2D eigenvalue weighted by Gasteiger charge is 2.36.